The minimum atomic E-state index is 0.351. The Morgan fingerprint density at radius 1 is 1.26 bits per heavy atom. The van der Waals surface area contributed by atoms with Crippen molar-refractivity contribution in [1.82, 2.24) is 9.97 Å². The fourth-order valence-corrected chi connectivity index (χ4v) is 1.77. The van der Waals surface area contributed by atoms with Gasteiger partial charge in [0.15, 0.2) is 0 Å². The highest BCUT2D eigenvalue weighted by atomic mass is 16.5. The van der Waals surface area contributed by atoms with Crippen LogP contribution in [0.3, 0.4) is 0 Å². The lowest BCUT2D eigenvalue weighted by Gasteiger charge is -2.20. The van der Waals surface area contributed by atoms with Gasteiger partial charge in [0.05, 0.1) is 12.8 Å². The number of para-hydroxylation sites is 2. The topological polar surface area (TPSA) is 62.0 Å². The summed E-state index contributed by atoms with van der Waals surface area (Å²) in [7, 11) is 3.46. The maximum Gasteiger partial charge on any atom is 0.231 e. The van der Waals surface area contributed by atoms with Crippen LogP contribution in [0.2, 0.25) is 0 Å². The number of ether oxygens (including phenoxy) is 1. The zero-order valence-corrected chi connectivity index (χ0v) is 11.1. The zero-order valence-electron chi connectivity index (χ0n) is 11.1. The van der Waals surface area contributed by atoms with Crippen LogP contribution in [0.5, 0.6) is 5.75 Å². The number of nitrogens with zero attached hydrogens (tertiary/aromatic N) is 4. The molecule has 96 valence electrons. The van der Waals surface area contributed by atoms with E-state index in [9.17, 15) is 0 Å². The van der Waals surface area contributed by atoms with Gasteiger partial charge in [-0.05, 0) is 25.1 Å². The number of benzene rings is 1. The second-order valence-corrected chi connectivity index (χ2v) is 4.04. The Morgan fingerprint density at radius 3 is 2.68 bits per heavy atom. The molecule has 0 atom stereocenters. The average molecular weight is 254 g/mol. The summed E-state index contributed by atoms with van der Waals surface area (Å²) in [6, 6.07) is 11.3. The largest absolute Gasteiger partial charge is 0.495 e. The van der Waals surface area contributed by atoms with Gasteiger partial charge in [-0.3, -0.25) is 0 Å². The summed E-state index contributed by atoms with van der Waals surface area (Å²) < 4.78 is 5.31. The van der Waals surface area contributed by atoms with E-state index in [1.54, 1.807) is 18.1 Å². The second kappa shape index (κ2) is 5.36. The van der Waals surface area contributed by atoms with Crippen molar-refractivity contribution in [3.63, 3.8) is 0 Å². The molecule has 0 amide bonds. The highest BCUT2D eigenvalue weighted by Crippen LogP contribution is 2.30. The summed E-state index contributed by atoms with van der Waals surface area (Å²) in [4.78, 5) is 10.3. The van der Waals surface area contributed by atoms with Crippen molar-refractivity contribution < 1.29 is 4.74 Å². The SMILES string of the molecule is COc1ccccc1N(C)c1nc(C)cc(C#N)n1. The lowest BCUT2D eigenvalue weighted by molar-refractivity contribution is 0.415. The van der Waals surface area contributed by atoms with Crippen molar-refractivity contribution in [2.45, 2.75) is 6.92 Å². The quantitative estimate of drug-likeness (QED) is 0.841. The zero-order chi connectivity index (χ0) is 13.8. The van der Waals surface area contributed by atoms with Crippen LogP contribution in [0.25, 0.3) is 0 Å². The molecule has 19 heavy (non-hydrogen) atoms. The van der Waals surface area contributed by atoms with Crippen molar-refractivity contribution in [2.75, 3.05) is 19.1 Å². The molecule has 0 spiro atoms. The highest BCUT2D eigenvalue weighted by molar-refractivity contribution is 5.64. The summed E-state index contributed by atoms with van der Waals surface area (Å²) >= 11 is 0. The Balaban J connectivity index is 2.47. The Kier molecular flexibility index (Phi) is 3.62. The molecule has 0 aliphatic carbocycles. The van der Waals surface area contributed by atoms with Gasteiger partial charge in [-0.1, -0.05) is 12.1 Å². The van der Waals surface area contributed by atoms with E-state index in [0.717, 1.165) is 17.1 Å². The lowest BCUT2D eigenvalue weighted by Crippen LogP contribution is -2.15. The van der Waals surface area contributed by atoms with Crippen molar-refractivity contribution in [3.8, 4) is 11.8 Å². The predicted molar refractivity (Wildman–Crippen MR) is 72.5 cm³/mol. The molecule has 2 aromatic rings. The third-order valence-corrected chi connectivity index (χ3v) is 2.70. The molecule has 0 aliphatic rings. The van der Waals surface area contributed by atoms with Crippen LogP contribution < -0.4 is 9.64 Å². The Morgan fingerprint density at radius 2 is 2.00 bits per heavy atom. The number of methoxy groups -OCH3 is 1. The first-order valence-electron chi connectivity index (χ1n) is 5.78. The first-order valence-corrected chi connectivity index (χ1v) is 5.78. The summed E-state index contributed by atoms with van der Waals surface area (Å²) in [6.07, 6.45) is 0. The fraction of sp³-hybridized carbons (Fsp3) is 0.214. The maximum absolute atomic E-state index is 8.96. The Labute approximate surface area is 112 Å². The third kappa shape index (κ3) is 2.63. The van der Waals surface area contributed by atoms with E-state index in [2.05, 4.69) is 9.97 Å². The molecule has 0 aliphatic heterocycles. The first-order chi connectivity index (χ1) is 9.15. The van der Waals surface area contributed by atoms with Crippen LogP contribution in [0, 0.1) is 18.3 Å². The number of aryl methyl sites for hydroxylation is 1. The molecule has 0 radical (unpaired) electrons. The number of rotatable bonds is 3. The van der Waals surface area contributed by atoms with Crippen LogP contribution >= 0.6 is 0 Å². The van der Waals surface area contributed by atoms with Crippen molar-refractivity contribution in [1.29, 1.82) is 5.26 Å². The number of nitriles is 1. The summed E-state index contributed by atoms with van der Waals surface area (Å²) in [5, 5.41) is 8.96. The van der Waals surface area contributed by atoms with E-state index in [-0.39, 0.29) is 0 Å². The van der Waals surface area contributed by atoms with Gasteiger partial charge in [0.25, 0.3) is 0 Å². The van der Waals surface area contributed by atoms with Crippen LogP contribution in [0.4, 0.5) is 11.6 Å². The van der Waals surface area contributed by atoms with Gasteiger partial charge < -0.3 is 9.64 Å². The van der Waals surface area contributed by atoms with Crippen LogP contribution in [-0.2, 0) is 0 Å². The van der Waals surface area contributed by atoms with E-state index in [0.29, 0.717) is 11.6 Å². The molecule has 0 bridgehead atoms. The normalized spacial score (nSPS) is 9.79. The maximum atomic E-state index is 8.96. The predicted octanol–water partition coefficient (Wildman–Crippen LogP) is 2.43. The number of hydrogen-bond acceptors (Lipinski definition) is 5. The molecular formula is C14H14N4O. The number of aromatic nitrogens is 2. The molecule has 1 heterocycles. The van der Waals surface area contributed by atoms with E-state index in [4.69, 9.17) is 10.00 Å². The lowest BCUT2D eigenvalue weighted by atomic mass is 10.2. The minimum Gasteiger partial charge on any atom is -0.495 e. The molecule has 0 N–H and O–H groups in total. The van der Waals surface area contributed by atoms with Gasteiger partial charge in [0.2, 0.25) is 5.95 Å². The van der Waals surface area contributed by atoms with Crippen molar-refractivity contribution in [3.05, 3.63) is 41.7 Å². The summed E-state index contributed by atoms with van der Waals surface area (Å²) in [5.74, 6) is 1.20. The van der Waals surface area contributed by atoms with Gasteiger partial charge in [-0.25, -0.2) is 9.97 Å². The summed E-state index contributed by atoms with van der Waals surface area (Å²) in [6.45, 7) is 1.84. The van der Waals surface area contributed by atoms with E-state index < -0.39 is 0 Å². The fourth-order valence-electron chi connectivity index (χ4n) is 1.77. The minimum absolute atomic E-state index is 0.351. The number of anilines is 2. The monoisotopic (exact) mass is 254 g/mol. The molecule has 0 fully saturated rings. The van der Waals surface area contributed by atoms with Gasteiger partial charge in [-0.15, -0.1) is 0 Å². The molecular weight excluding hydrogens is 240 g/mol. The molecule has 1 aromatic heterocycles. The standard InChI is InChI=1S/C14H14N4O/c1-10-8-11(9-15)17-14(16-10)18(2)12-6-4-5-7-13(12)19-3/h4-8H,1-3H3. The van der Waals surface area contributed by atoms with E-state index in [1.807, 2.05) is 44.3 Å². The van der Waals surface area contributed by atoms with Crippen LogP contribution in [-0.4, -0.2) is 24.1 Å². The first kappa shape index (κ1) is 12.8. The second-order valence-electron chi connectivity index (χ2n) is 4.04. The van der Waals surface area contributed by atoms with Gasteiger partial charge in [0, 0.05) is 12.7 Å². The molecule has 0 saturated carbocycles. The van der Waals surface area contributed by atoms with Crippen LogP contribution in [0.1, 0.15) is 11.4 Å². The molecule has 0 saturated heterocycles. The number of hydrogen-bond donors (Lipinski definition) is 0. The van der Waals surface area contributed by atoms with E-state index in [1.165, 1.54) is 0 Å². The molecule has 5 nitrogen and oxygen atoms in total. The molecule has 1 aromatic carbocycles. The average Bonchev–Trinajstić information content (AvgIpc) is 2.45. The van der Waals surface area contributed by atoms with Crippen molar-refractivity contribution >= 4 is 11.6 Å². The van der Waals surface area contributed by atoms with Gasteiger partial charge in [0.1, 0.15) is 17.5 Å². The Hall–Kier alpha value is -2.61. The van der Waals surface area contributed by atoms with E-state index >= 15 is 0 Å². The highest BCUT2D eigenvalue weighted by Gasteiger charge is 2.13. The Bertz CT molecular complexity index is 634. The van der Waals surface area contributed by atoms with Crippen molar-refractivity contribution in [2.24, 2.45) is 0 Å². The van der Waals surface area contributed by atoms with Gasteiger partial charge in [-0.2, -0.15) is 5.26 Å². The summed E-state index contributed by atoms with van der Waals surface area (Å²) in [5.41, 5.74) is 1.95. The van der Waals surface area contributed by atoms with Crippen LogP contribution in [0.15, 0.2) is 30.3 Å². The molecule has 2 rings (SSSR count). The smallest absolute Gasteiger partial charge is 0.231 e. The van der Waals surface area contributed by atoms with Gasteiger partial charge >= 0.3 is 0 Å². The molecule has 0 unspecified atom stereocenters. The molecule has 5 heteroatoms. The third-order valence-electron chi connectivity index (χ3n) is 2.70.